The summed E-state index contributed by atoms with van der Waals surface area (Å²) >= 11 is 0. The lowest BCUT2D eigenvalue weighted by atomic mass is 10.0. The monoisotopic (exact) mass is 564 g/mol. The number of pyridine rings is 1. The highest BCUT2D eigenvalue weighted by Crippen LogP contribution is 2.31. The van der Waals surface area contributed by atoms with Crippen LogP contribution in [0.2, 0.25) is 0 Å². The molecule has 13 heteroatoms. The molecule has 1 amide bonds. The molecule has 10 nitrogen and oxygen atoms in total. The molecule has 4 heterocycles. The van der Waals surface area contributed by atoms with Crippen molar-refractivity contribution in [1.29, 1.82) is 0 Å². The van der Waals surface area contributed by atoms with Gasteiger partial charge in [-0.15, -0.1) is 23.4 Å². The third kappa shape index (κ3) is 5.75. The molecule has 1 saturated heterocycles. The fourth-order valence-electron chi connectivity index (χ4n) is 4.82. The van der Waals surface area contributed by atoms with E-state index in [0.717, 1.165) is 17.7 Å². The molecule has 0 bridgehead atoms. The first kappa shape index (κ1) is 26.4. The van der Waals surface area contributed by atoms with Crippen LogP contribution in [0.25, 0.3) is 22.6 Å². The van der Waals surface area contributed by atoms with Crippen LogP contribution in [-0.2, 0) is 0 Å². The number of nitrogens with zero attached hydrogens (tertiary/aromatic N) is 6. The molecule has 0 aliphatic carbocycles. The quantitative estimate of drug-likeness (QED) is 0.281. The van der Waals surface area contributed by atoms with Crippen molar-refractivity contribution in [3.63, 3.8) is 0 Å². The van der Waals surface area contributed by atoms with E-state index in [1.54, 1.807) is 24.0 Å². The number of carbonyl (C=O) groups is 1. The Hall–Kier alpha value is -4.78. The van der Waals surface area contributed by atoms with Gasteiger partial charge in [-0.3, -0.25) is 14.7 Å². The van der Waals surface area contributed by atoms with Gasteiger partial charge in [0.1, 0.15) is 23.0 Å². The molecule has 1 aliphatic heterocycles. The molecule has 41 heavy (non-hydrogen) atoms. The fourth-order valence-corrected chi connectivity index (χ4v) is 4.82. The van der Waals surface area contributed by atoms with E-state index in [1.165, 1.54) is 12.3 Å². The zero-order valence-corrected chi connectivity index (χ0v) is 21.7. The van der Waals surface area contributed by atoms with Gasteiger partial charge in [-0.2, -0.15) is 0 Å². The molecule has 3 aromatic heterocycles. The summed E-state index contributed by atoms with van der Waals surface area (Å²) in [6, 6.07) is 16.4. The maximum atomic E-state index is 13.4. The van der Waals surface area contributed by atoms with Crippen LogP contribution < -0.4 is 4.74 Å². The summed E-state index contributed by atoms with van der Waals surface area (Å²) in [6.45, 7) is 3.79. The Morgan fingerprint density at radius 2 is 1.76 bits per heavy atom. The lowest BCUT2D eigenvalue weighted by molar-refractivity contribution is -0.274. The van der Waals surface area contributed by atoms with Gasteiger partial charge in [-0.05, 0) is 29.8 Å². The highest BCUT2D eigenvalue weighted by atomic mass is 19.4. The number of hydrogen-bond acceptors (Lipinski definition) is 9. The number of ether oxygens (including phenoxy) is 1. The molecule has 0 spiro atoms. The average Bonchev–Trinajstić information content (AvgIpc) is 3.59. The SMILES string of the molecule is Cc1nnc([C@@H](c2ccccc2)N2CCN(C(=O)c3cc(-c4nc5cc(OC(F)(F)F)ccc5o4)ccn3)CC2)o1. The van der Waals surface area contributed by atoms with E-state index in [0.29, 0.717) is 43.5 Å². The molecule has 6 rings (SSSR count). The number of benzene rings is 2. The lowest BCUT2D eigenvalue weighted by Gasteiger charge is -2.38. The second kappa shape index (κ2) is 10.7. The summed E-state index contributed by atoms with van der Waals surface area (Å²) in [5.41, 5.74) is 2.14. The molecule has 1 atom stereocenters. The van der Waals surface area contributed by atoms with Crippen LogP contribution in [0.3, 0.4) is 0 Å². The van der Waals surface area contributed by atoms with Crippen molar-refractivity contribution in [2.24, 2.45) is 0 Å². The summed E-state index contributed by atoms with van der Waals surface area (Å²) in [7, 11) is 0. The topological polar surface area (TPSA) is 111 Å². The normalized spacial score (nSPS) is 15.3. The van der Waals surface area contributed by atoms with Gasteiger partial charge in [0.2, 0.25) is 17.7 Å². The van der Waals surface area contributed by atoms with Crippen LogP contribution in [0.4, 0.5) is 13.2 Å². The van der Waals surface area contributed by atoms with E-state index in [9.17, 15) is 18.0 Å². The van der Waals surface area contributed by atoms with Gasteiger partial charge in [0.25, 0.3) is 5.91 Å². The molecular weight excluding hydrogens is 541 g/mol. The Labute approximate surface area is 231 Å². The number of carbonyl (C=O) groups excluding carboxylic acids is 1. The van der Waals surface area contributed by atoms with Gasteiger partial charge in [0, 0.05) is 50.9 Å². The van der Waals surface area contributed by atoms with E-state index in [-0.39, 0.29) is 34.6 Å². The summed E-state index contributed by atoms with van der Waals surface area (Å²) in [5.74, 6) is 0.464. The Kier molecular flexibility index (Phi) is 6.87. The molecule has 0 radical (unpaired) electrons. The number of piperazine rings is 1. The Morgan fingerprint density at radius 3 is 2.46 bits per heavy atom. The Bertz CT molecular complexity index is 1680. The Balaban J connectivity index is 1.17. The van der Waals surface area contributed by atoms with Crippen molar-refractivity contribution in [2.45, 2.75) is 19.3 Å². The molecule has 2 aromatic carbocycles. The summed E-state index contributed by atoms with van der Waals surface area (Å²) in [5, 5.41) is 8.25. The highest BCUT2D eigenvalue weighted by Gasteiger charge is 2.33. The minimum atomic E-state index is -4.82. The highest BCUT2D eigenvalue weighted by molar-refractivity contribution is 5.93. The standard InChI is InChI=1S/C28H23F3N6O4/c1-17-34-35-26(39-17)24(18-5-3-2-4-6-18)36-11-13-37(14-12-36)27(38)22-15-19(9-10-32-22)25-33-21-16-20(41-28(29,30)31)7-8-23(21)40-25/h2-10,15-16,24H,11-14H2,1H3/t24-/m1/s1. The minimum Gasteiger partial charge on any atom is -0.436 e. The van der Waals surface area contributed by atoms with Crippen molar-refractivity contribution in [3.05, 3.63) is 89.9 Å². The summed E-state index contributed by atoms with van der Waals surface area (Å²) in [6.07, 6.45) is -3.35. The number of hydrogen-bond donors (Lipinski definition) is 0. The van der Waals surface area contributed by atoms with Gasteiger partial charge in [0.15, 0.2) is 5.58 Å². The molecule has 1 fully saturated rings. The fraction of sp³-hybridized carbons (Fsp3) is 0.250. The van der Waals surface area contributed by atoms with Crippen molar-refractivity contribution in [3.8, 4) is 17.2 Å². The number of aromatic nitrogens is 4. The van der Waals surface area contributed by atoms with Crippen LogP contribution in [0, 0.1) is 6.92 Å². The zero-order valence-electron chi connectivity index (χ0n) is 21.7. The number of halogens is 3. The number of rotatable bonds is 6. The molecule has 1 aliphatic rings. The van der Waals surface area contributed by atoms with Crippen molar-refractivity contribution in [1.82, 2.24) is 30.0 Å². The molecule has 210 valence electrons. The molecular formula is C28H23F3N6O4. The summed E-state index contributed by atoms with van der Waals surface area (Å²) < 4.78 is 53.2. The third-order valence-corrected chi connectivity index (χ3v) is 6.68. The first-order valence-corrected chi connectivity index (χ1v) is 12.7. The van der Waals surface area contributed by atoms with Gasteiger partial charge in [-0.1, -0.05) is 30.3 Å². The third-order valence-electron chi connectivity index (χ3n) is 6.68. The largest absolute Gasteiger partial charge is 0.573 e. The first-order valence-electron chi connectivity index (χ1n) is 12.7. The van der Waals surface area contributed by atoms with Crippen molar-refractivity contribution in [2.75, 3.05) is 26.2 Å². The Morgan fingerprint density at radius 1 is 0.976 bits per heavy atom. The number of alkyl halides is 3. The summed E-state index contributed by atoms with van der Waals surface area (Å²) in [4.78, 5) is 25.8. The molecule has 0 unspecified atom stereocenters. The van der Waals surface area contributed by atoms with E-state index in [4.69, 9.17) is 8.83 Å². The number of fused-ring (bicyclic) bond motifs is 1. The van der Waals surface area contributed by atoms with Gasteiger partial charge < -0.3 is 18.5 Å². The second-order valence-corrected chi connectivity index (χ2v) is 9.43. The van der Waals surface area contributed by atoms with E-state index in [2.05, 4.69) is 29.8 Å². The van der Waals surface area contributed by atoms with Crippen molar-refractivity contribution < 1.29 is 31.5 Å². The number of aryl methyl sites for hydroxylation is 1. The average molecular weight is 565 g/mol. The molecule has 0 saturated carbocycles. The maximum Gasteiger partial charge on any atom is 0.573 e. The van der Waals surface area contributed by atoms with Gasteiger partial charge in [0.05, 0.1) is 0 Å². The molecule has 0 N–H and O–H groups in total. The number of amides is 1. The predicted molar refractivity (Wildman–Crippen MR) is 139 cm³/mol. The van der Waals surface area contributed by atoms with Crippen molar-refractivity contribution >= 4 is 17.0 Å². The molecule has 5 aromatic rings. The van der Waals surface area contributed by atoms with Crippen LogP contribution in [-0.4, -0.2) is 68.4 Å². The minimum absolute atomic E-state index is 0.144. The predicted octanol–water partition coefficient (Wildman–Crippen LogP) is 5.03. The van der Waals surface area contributed by atoms with Gasteiger partial charge in [-0.25, -0.2) is 4.98 Å². The number of oxazole rings is 1. The van der Waals surface area contributed by atoms with Crippen LogP contribution in [0.1, 0.15) is 33.9 Å². The van der Waals surface area contributed by atoms with Crippen LogP contribution in [0.5, 0.6) is 5.75 Å². The second-order valence-electron chi connectivity index (χ2n) is 9.43. The van der Waals surface area contributed by atoms with E-state index < -0.39 is 12.1 Å². The van der Waals surface area contributed by atoms with Gasteiger partial charge >= 0.3 is 6.36 Å². The first-order chi connectivity index (χ1) is 19.7. The van der Waals surface area contributed by atoms with E-state index in [1.807, 2.05) is 30.3 Å². The smallest absolute Gasteiger partial charge is 0.436 e. The lowest BCUT2D eigenvalue weighted by Crippen LogP contribution is -2.50. The zero-order chi connectivity index (χ0) is 28.6. The maximum absolute atomic E-state index is 13.4. The van der Waals surface area contributed by atoms with Crippen LogP contribution >= 0.6 is 0 Å². The van der Waals surface area contributed by atoms with Crippen LogP contribution in [0.15, 0.2) is 75.7 Å². The van der Waals surface area contributed by atoms with E-state index >= 15 is 0 Å².